The number of phenolic OH excluding ortho intramolecular Hbond substituents is 1. The molecule has 3 aromatic carbocycles. The molecule has 0 amide bonds. The summed E-state index contributed by atoms with van der Waals surface area (Å²) < 4.78 is 33.3. The average molecular weight is 382 g/mol. The summed E-state index contributed by atoms with van der Waals surface area (Å²) in [7, 11) is -4.41. The highest BCUT2D eigenvalue weighted by Gasteiger charge is 2.24. The van der Waals surface area contributed by atoms with Gasteiger partial charge in [0.2, 0.25) is 0 Å². The van der Waals surface area contributed by atoms with Crippen LogP contribution in [0.1, 0.15) is 47.9 Å². The molecule has 0 heterocycles. The molecule has 0 bridgehead atoms. The van der Waals surface area contributed by atoms with Crippen LogP contribution in [0.4, 0.5) is 0 Å². The van der Waals surface area contributed by atoms with E-state index in [0.29, 0.717) is 11.1 Å². The van der Waals surface area contributed by atoms with E-state index in [2.05, 4.69) is 0 Å². The first kappa shape index (κ1) is 19.1. The summed E-state index contributed by atoms with van der Waals surface area (Å²) in [6.45, 7) is 3.80. The van der Waals surface area contributed by atoms with Gasteiger partial charge in [0.25, 0.3) is 10.1 Å². The first-order chi connectivity index (χ1) is 12.8. The van der Waals surface area contributed by atoms with E-state index in [1.807, 2.05) is 74.5 Å². The van der Waals surface area contributed by atoms with Crippen molar-refractivity contribution in [1.29, 1.82) is 0 Å². The number of phenols is 1. The third-order valence-corrected chi connectivity index (χ3v) is 5.80. The van der Waals surface area contributed by atoms with Gasteiger partial charge in [-0.2, -0.15) is 8.42 Å². The first-order valence-electron chi connectivity index (χ1n) is 8.73. The molecule has 0 fully saturated rings. The van der Waals surface area contributed by atoms with E-state index in [0.717, 1.165) is 11.1 Å². The zero-order chi connectivity index (χ0) is 19.6. The first-order valence-corrected chi connectivity index (χ1v) is 10.2. The van der Waals surface area contributed by atoms with Crippen LogP contribution in [-0.4, -0.2) is 18.1 Å². The highest BCUT2D eigenvalue weighted by atomic mass is 32.2. The maximum Gasteiger partial charge on any atom is 0.294 e. The van der Waals surface area contributed by atoms with Crippen LogP contribution in [0.15, 0.2) is 77.7 Å². The Hall–Kier alpha value is -2.63. The molecule has 27 heavy (non-hydrogen) atoms. The van der Waals surface area contributed by atoms with Crippen molar-refractivity contribution >= 4 is 10.1 Å². The fraction of sp³-hybridized carbons (Fsp3) is 0.182. The maximum absolute atomic E-state index is 11.8. The third kappa shape index (κ3) is 4.04. The Morgan fingerprint density at radius 3 is 1.44 bits per heavy atom. The number of hydrogen-bond donors (Lipinski definition) is 2. The van der Waals surface area contributed by atoms with Gasteiger partial charge in [-0.15, -0.1) is 0 Å². The summed E-state index contributed by atoms with van der Waals surface area (Å²) >= 11 is 0. The molecule has 5 heteroatoms. The highest BCUT2D eigenvalue weighted by Crippen LogP contribution is 2.40. The molecule has 0 radical (unpaired) electrons. The smallest absolute Gasteiger partial charge is 0.294 e. The summed E-state index contributed by atoms with van der Waals surface area (Å²) in [4.78, 5) is -0.212. The fourth-order valence-corrected chi connectivity index (χ4v) is 3.86. The Bertz CT molecular complexity index is 962. The van der Waals surface area contributed by atoms with E-state index in [-0.39, 0.29) is 22.5 Å². The lowest BCUT2D eigenvalue weighted by molar-refractivity contribution is 0.454. The Kier molecular flexibility index (Phi) is 5.35. The van der Waals surface area contributed by atoms with Crippen LogP contribution >= 0.6 is 0 Å². The van der Waals surface area contributed by atoms with Gasteiger partial charge in [-0.1, -0.05) is 74.5 Å². The van der Waals surface area contributed by atoms with Crippen molar-refractivity contribution in [2.45, 2.75) is 30.6 Å². The molecular weight excluding hydrogens is 360 g/mol. The molecule has 0 saturated heterocycles. The normalized spacial score (nSPS) is 13.9. The second kappa shape index (κ2) is 7.55. The molecule has 2 unspecified atom stereocenters. The van der Waals surface area contributed by atoms with Crippen molar-refractivity contribution in [3.05, 3.63) is 95.1 Å². The molecule has 0 aliphatic heterocycles. The Morgan fingerprint density at radius 2 is 1.11 bits per heavy atom. The molecule has 3 aromatic rings. The molecule has 0 aliphatic carbocycles. The van der Waals surface area contributed by atoms with Crippen LogP contribution in [0, 0.1) is 0 Å². The second-order valence-electron chi connectivity index (χ2n) is 6.69. The SMILES string of the molecule is CC(c1ccccc1)c1cc(S(=O)(=O)O)cc(C(C)c2ccccc2)c1O. The molecule has 2 atom stereocenters. The van der Waals surface area contributed by atoms with Crippen molar-refractivity contribution in [3.8, 4) is 5.75 Å². The molecule has 2 N–H and O–H groups in total. The van der Waals surface area contributed by atoms with Gasteiger partial charge in [-0.3, -0.25) is 4.55 Å². The van der Waals surface area contributed by atoms with Gasteiger partial charge in [0, 0.05) is 23.0 Å². The van der Waals surface area contributed by atoms with E-state index in [1.165, 1.54) is 12.1 Å². The fourth-order valence-electron chi connectivity index (χ4n) is 3.30. The van der Waals surface area contributed by atoms with Crippen LogP contribution < -0.4 is 0 Å². The molecular formula is C22H22O4S. The van der Waals surface area contributed by atoms with E-state index < -0.39 is 10.1 Å². The van der Waals surface area contributed by atoms with Gasteiger partial charge in [0.15, 0.2) is 0 Å². The molecule has 4 nitrogen and oxygen atoms in total. The highest BCUT2D eigenvalue weighted by molar-refractivity contribution is 7.85. The lowest BCUT2D eigenvalue weighted by atomic mass is 9.86. The zero-order valence-electron chi connectivity index (χ0n) is 15.2. The van der Waals surface area contributed by atoms with E-state index >= 15 is 0 Å². The van der Waals surface area contributed by atoms with Crippen LogP contribution in [0.5, 0.6) is 5.75 Å². The second-order valence-corrected chi connectivity index (χ2v) is 8.11. The number of hydrogen-bond acceptors (Lipinski definition) is 3. The summed E-state index contributed by atoms with van der Waals surface area (Å²) in [6.07, 6.45) is 0. The quantitative estimate of drug-likeness (QED) is 0.613. The zero-order valence-corrected chi connectivity index (χ0v) is 16.0. The van der Waals surface area contributed by atoms with Crippen LogP contribution in [-0.2, 0) is 10.1 Å². The summed E-state index contributed by atoms with van der Waals surface area (Å²) in [5, 5.41) is 11.0. The largest absolute Gasteiger partial charge is 0.507 e. The lowest BCUT2D eigenvalue weighted by Gasteiger charge is -2.21. The monoisotopic (exact) mass is 382 g/mol. The molecule has 0 spiro atoms. The number of aromatic hydroxyl groups is 1. The van der Waals surface area contributed by atoms with Gasteiger partial charge >= 0.3 is 0 Å². The van der Waals surface area contributed by atoms with Gasteiger partial charge in [0.05, 0.1) is 4.90 Å². The number of benzene rings is 3. The Balaban J connectivity index is 2.19. The van der Waals surface area contributed by atoms with Crippen LogP contribution in [0.25, 0.3) is 0 Å². The standard InChI is InChI=1S/C22H22O4S/c1-15(17-9-5-3-6-10-17)20-13-19(27(24,25)26)14-21(22(20)23)16(2)18-11-7-4-8-12-18/h3-16,23H,1-2H3,(H,24,25,26). The lowest BCUT2D eigenvalue weighted by Crippen LogP contribution is -2.07. The third-order valence-electron chi connectivity index (χ3n) is 4.97. The predicted octanol–water partition coefficient (Wildman–Crippen LogP) is 4.94. The molecule has 3 rings (SSSR count). The number of rotatable bonds is 5. The van der Waals surface area contributed by atoms with Crippen molar-refractivity contribution in [2.24, 2.45) is 0 Å². The maximum atomic E-state index is 11.8. The average Bonchev–Trinajstić information content (AvgIpc) is 2.67. The minimum Gasteiger partial charge on any atom is -0.507 e. The Labute approximate surface area is 159 Å². The minimum absolute atomic E-state index is 0.0510. The summed E-state index contributed by atoms with van der Waals surface area (Å²) in [6, 6.07) is 21.7. The Morgan fingerprint density at radius 1 is 0.741 bits per heavy atom. The molecule has 140 valence electrons. The van der Waals surface area contributed by atoms with Gasteiger partial charge in [-0.25, -0.2) is 0 Å². The van der Waals surface area contributed by atoms with Crippen LogP contribution in [0.2, 0.25) is 0 Å². The summed E-state index contributed by atoms with van der Waals surface area (Å²) in [5.41, 5.74) is 2.82. The predicted molar refractivity (Wildman–Crippen MR) is 106 cm³/mol. The molecule has 0 aliphatic rings. The van der Waals surface area contributed by atoms with Crippen LogP contribution in [0.3, 0.4) is 0 Å². The summed E-state index contributed by atoms with van der Waals surface area (Å²) in [5.74, 6) is -0.431. The van der Waals surface area contributed by atoms with Crippen molar-refractivity contribution < 1.29 is 18.1 Å². The van der Waals surface area contributed by atoms with Crippen molar-refractivity contribution in [2.75, 3.05) is 0 Å². The molecule has 0 aromatic heterocycles. The van der Waals surface area contributed by atoms with E-state index in [9.17, 15) is 18.1 Å². The van der Waals surface area contributed by atoms with Gasteiger partial charge in [0.1, 0.15) is 5.75 Å². The van der Waals surface area contributed by atoms with Crippen molar-refractivity contribution in [3.63, 3.8) is 0 Å². The minimum atomic E-state index is -4.41. The van der Waals surface area contributed by atoms with E-state index in [1.54, 1.807) is 0 Å². The van der Waals surface area contributed by atoms with Gasteiger partial charge < -0.3 is 5.11 Å². The topological polar surface area (TPSA) is 74.6 Å². The van der Waals surface area contributed by atoms with Gasteiger partial charge in [-0.05, 0) is 23.3 Å². The van der Waals surface area contributed by atoms with Crippen molar-refractivity contribution in [1.82, 2.24) is 0 Å². The van der Waals surface area contributed by atoms with E-state index in [4.69, 9.17) is 0 Å². The molecule has 0 saturated carbocycles.